The van der Waals surface area contributed by atoms with E-state index in [2.05, 4.69) is 56.9 Å². The molecule has 1 saturated heterocycles. The van der Waals surface area contributed by atoms with Gasteiger partial charge in [0.25, 0.3) is 5.91 Å². The first kappa shape index (κ1) is 16.1. The standard InChI is InChI=1S/C24H18N4O/c29-24-18(16-6-2-4-8-20(16)26-24)11-14-9-10-17-21(12-14)27-28-23(17)22-13-15-5-1-3-7-19(15)25-22/h1-5,7-13,16,25H,6H2,(H,26,29)(H,27,28). The molecule has 1 aliphatic carbocycles. The van der Waals surface area contributed by atoms with E-state index in [0.29, 0.717) is 0 Å². The summed E-state index contributed by atoms with van der Waals surface area (Å²) in [6.07, 6.45) is 8.93. The van der Waals surface area contributed by atoms with Gasteiger partial charge in [0.2, 0.25) is 0 Å². The third-order valence-corrected chi connectivity index (χ3v) is 5.75. The Bertz CT molecular complexity index is 1350. The van der Waals surface area contributed by atoms with Crippen LogP contribution in [0.4, 0.5) is 0 Å². The Balaban J connectivity index is 1.40. The first-order valence-corrected chi connectivity index (χ1v) is 9.72. The van der Waals surface area contributed by atoms with Crippen LogP contribution >= 0.6 is 0 Å². The van der Waals surface area contributed by atoms with Gasteiger partial charge in [-0.2, -0.15) is 5.10 Å². The average Bonchev–Trinajstić information content (AvgIpc) is 3.43. The van der Waals surface area contributed by atoms with Gasteiger partial charge >= 0.3 is 0 Å². The number of H-pyrrole nitrogens is 2. The van der Waals surface area contributed by atoms with Gasteiger partial charge < -0.3 is 10.3 Å². The molecule has 0 saturated carbocycles. The van der Waals surface area contributed by atoms with E-state index < -0.39 is 0 Å². The maximum absolute atomic E-state index is 12.4. The number of hydrogen-bond acceptors (Lipinski definition) is 2. The molecule has 1 unspecified atom stereocenters. The fourth-order valence-electron chi connectivity index (χ4n) is 4.29. The zero-order valence-electron chi connectivity index (χ0n) is 15.6. The second-order valence-corrected chi connectivity index (χ2v) is 7.54. The number of nitrogens with zero attached hydrogens (tertiary/aromatic N) is 1. The van der Waals surface area contributed by atoms with Crippen molar-refractivity contribution in [2.75, 3.05) is 0 Å². The molecule has 1 amide bonds. The lowest BCUT2D eigenvalue weighted by Gasteiger charge is -2.11. The summed E-state index contributed by atoms with van der Waals surface area (Å²) in [6.45, 7) is 0. The van der Waals surface area contributed by atoms with Gasteiger partial charge in [0.15, 0.2) is 0 Å². The molecule has 3 N–H and O–H groups in total. The van der Waals surface area contributed by atoms with Crippen molar-refractivity contribution in [2.24, 2.45) is 5.92 Å². The highest BCUT2D eigenvalue weighted by atomic mass is 16.2. The van der Waals surface area contributed by atoms with Crippen LogP contribution in [0.5, 0.6) is 0 Å². The molecule has 0 bridgehead atoms. The molecular weight excluding hydrogens is 360 g/mol. The van der Waals surface area contributed by atoms with Crippen LogP contribution in [0, 0.1) is 5.92 Å². The molecule has 5 heteroatoms. The number of benzene rings is 2. The Hall–Kier alpha value is -3.86. The lowest BCUT2D eigenvalue weighted by atomic mass is 9.91. The van der Waals surface area contributed by atoms with Gasteiger partial charge in [-0.05, 0) is 48.4 Å². The highest BCUT2D eigenvalue weighted by Gasteiger charge is 2.32. The van der Waals surface area contributed by atoms with Crippen LogP contribution in [0.15, 0.2) is 78.0 Å². The molecule has 3 heterocycles. The molecule has 29 heavy (non-hydrogen) atoms. The number of fused-ring (bicyclic) bond motifs is 3. The quantitative estimate of drug-likeness (QED) is 0.443. The fourth-order valence-corrected chi connectivity index (χ4v) is 4.29. The SMILES string of the molecule is O=C1NC2=CC=CCC2C1=Cc1ccc2c(-c3cc4ccccc4[nH]3)n[nH]c2c1. The molecule has 2 aliphatic rings. The third kappa shape index (κ3) is 2.55. The smallest absolute Gasteiger partial charge is 0.252 e. The maximum Gasteiger partial charge on any atom is 0.252 e. The van der Waals surface area contributed by atoms with Crippen molar-refractivity contribution in [3.8, 4) is 11.4 Å². The van der Waals surface area contributed by atoms with E-state index in [-0.39, 0.29) is 11.8 Å². The summed E-state index contributed by atoms with van der Waals surface area (Å²) in [4.78, 5) is 15.9. The molecule has 5 nitrogen and oxygen atoms in total. The van der Waals surface area contributed by atoms with Crippen molar-refractivity contribution in [3.63, 3.8) is 0 Å². The minimum absolute atomic E-state index is 0.00609. The van der Waals surface area contributed by atoms with E-state index in [1.54, 1.807) is 0 Å². The normalized spacial score (nSPS) is 19.7. The van der Waals surface area contributed by atoms with Crippen molar-refractivity contribution in [3.05, 3.63) is 83.6 Å². The van der Waals surface area contributed by atoms with Crippen LogP contribution < -0.4 is 5.32 Å². The minimum atomic E-state index is -0.00609. The highest BCUT2D eigenvalue weighted by Crippen LogP contribution is 2.34. The van der Waals surface area contributed by atoms with E-state index >= 15 is 0 Å². The van der Waals surface area contributed by atoms with E-state index in [1.807, 2.05) is 36.4 Å². The largest absolute Gasteiger partial charge is 0.353 e. The predicted octanol–water partition coefficient (Wildman–Crippen LogP) is 4.68. The van der Waals surface area contributed by atoms with Gasteiger partial charge in [-0.25, -0.2) is 0 Å². The van der Waals surface area contributed by atoms with Gasteiger partial charge in [-0.1, -0.05) is 36.4 Å². The highest BCUT2D eigenvalue weighted by molar-refractivity contribution is 6.04. The van der Waals surface area contributed by atoms with E-state index in [9.17, 15) is 4.79 Å². The van der Waals surface area contributed by atoms with Crippen LogP contribution in [0.3, 0.4) is 0 Å². The summed E-state index contributed by atoms with van der Waals surface area (Å²) < 4.78 is 0. The predicted molar refractivity (Wildman–Crippen MR) is 115 cm³/mol. The molecule has 0 spiro atoms. The van der Waals surface area contributed by atoms with E-state index in [0.717, 1.165) is 56.4 Å². The summed E-state index contributed by atoms with van der Waals surface area (Å²) >= 11 is 0. The topological polar surface area (TPSA) is 73.6 Å². The van der Waals surface area contributed by atoms with Crippen molar-refractivity contribution in [1.29, 1.82) is 0 Å². The minimum Gasteiger partial charge on any atom is -0.353 e. The van der Waals surface area contributed by atoms with Gasteiger partial charge in [0.1, 0.15) is 5.69 Å². The lowest BCUT2D eigenvalue weighted by Crippen LogP contribution is -2.13. The molecule has 140 valence electrons. The third-order valence-electron chi connectivity index (χ3n) is 5.75. The van der Waals surface area contributed by atoms with Crippen LogP contribution in [-0.2, 0) is 4.79 Å². The van der Waals surface area contributed by atoms with Gasteiger partial charge in [-0.3, -0.25) is 9.89 Å². The summed E-state index contributed by atoms with van der Waals surface area (Å²) in [7, 11) is 0. The van der Waals surface area contributed by atoms with Crippen molar-refractivity contribution in [2.45, 2.75) is 6.42 Å². The van der Waals surface area contributed by atoms with Crippen LogP contribution in [-0.4, -0.2) is 21.1 Å². The number of rotatable bonds is 2. The average molecular weight is 378 g/mol. The number of carbonyl (C=O) groups is 1. The van der Waals surface area contributed by atoms with Gasteiger partial charge in [0.05, 0.1) is 11.2 Å². The number of aromatic nitrogens is 3. The van der Waals surface area contributed by atoms with E-state index in [4.69, 9.17) is 0 Å². The van der Waals surface area contributed by atoms with Crippen LogP contribution in [0.1, 0.15) is 12.0 Å². The second kappa shape index (κ2) is 6.07. The number of hydrogen-bond donors (Lipinski definition) is 3. The molecule has 0 radical (unpaired) electrons. The molecular formula is C24H18N4O. The van der Waals surface area contributed by atoms with Crippen molar-refractivity contribution < 1.29 is 4.79 Å². The summed E-state index contributed by atoms with van der Waals surface area (Å²) in [5, 5.41) is 12.9. The molecule has 1 atom stereocenters. The Morgan fingerprint density at radius 2 is 2.00 bits per heavy atom. The summed E-state index contributed by atoms with van der Waals surface area (Å²) in [6, 6.07) is 16.5. The zero-order chi connectivity index (χ0) is 19.4. The molecule has 1 aliphatic heterocycles. The van der Waals surface area contributed by atoms with Gasteiger partial charge in [-0.15, -0.1) is 0 Å². The molecule has 2 aromatic heterocycles. The first-order valence-electron chi connectivity index (χ1n) is 9.72. The van der Waals surface area contributed by atoms with Crippen LogP contribution in [0.2, 0.25) is 0 Å². The number of carbonyl (C=O) groups excluding carboxylic acids is 1. The Morgan fingerprint density at radius 1 is 1.07 bits per heavy atom. The Kier molecular flexibility index (Phi) is 3.38. The van der Waals surface area contributed by atoms with Gasteiger partial charge in [0, 0.05) is 33.5 Å². The molecule has 4 aromatic rings. The summed E-state index contributed by atoms with van der Waals surface area (Å²) in [5.41, 5.74) is 6.73. The van der Waals surface area contributed by atoms with Crippen LogP contribution in [0.25, 0.3) is 39.3 Å². The zero-order valence-corrected chi connectivity index (χ0v) is 15.6. The maximum atomic E-state index is 12.4. The second-order valence-electron chi connectivity index (χ2n) is 7.54. The Morgan fingerprint density at radius 3 is 2.93 bits per heavy atom. The Labute approximate surface area is 166 Å². The summed E-state index contributed by atoms with van der Waals surface area (Å²) in [5.74, 6) is 0.125. The first-order chi connectivity index (χ1) is 14.3. The number of para-hydroxylation sites is 1. The fraction of sp³-hybridized carbons (Fsp3) is 0.0833. The molecule has 1 fully saturated rings. The van der Waals surface area contributed by atoms with Crippen molar-refractivity contribution >= 4 is 33.8 Å². The number of amides is 1. The number of nitrogens with one attached hydrogen (secondary N) is 3. The number of allylic oxidation sites excluding steroid dienone is 4. The molecule has 2 aromatic carbocycles. The molecule has 6 rings (SSSR count). The van der Waals surface area contributed by atoms with E-state index in [1.165, 1.54) is 0 Å². The lowest BCUT2D eigenvalue weighted by molar-refractivity contribution is -0.115. The monoisotopic (exact) mass is 378 g/mol. The van der Waals surface area contributed by atoms with Crippen molar-refractivity contribution in [1.82, 2.24) is 20.5 Å². The number of aromatic amines is 2.